The van der Waals surface area contributed by atoms with Gasteiger partial charge in [-0.15, -0.1) is 0 Å². The van der Waals surface area contributed by atoms with Gasteiger partial charge in [-0.05, 0) is 59.0 Å². The molecule has 1 aromatic heterocycles. The first-order valence-corrected chi connectivity index (χ1v) is 5.54. The van der Waals surface area contributed by atoms with Crippen molar-refractivity contribution in [3.05, 3.63) is 51.9 Å². The summed E-state index contributed by atoms with van der Waals surface area (Å²) in [6.45, 7) is 0.841. The zero-order chi connectivity index (χ0) is 9.80. The van der Waals surface area contributed by atoms with E-state index >= 15 is 0 Å². The molecular weight excluding hydrogens is 287 g/mol. The predicted molar refractivity (Wildman–Crippen MR) is 67.3 cm³/mol. The summed E-state index contributed by atoms with van der Waals surface area (Å²) >= 11 is 2.30. The second-order valence-corrected chi connectivity index (χ2v) is 4.30. The van der Waals surface area contributed by atoms with Crippen molar-refractivity contribution in [2.45, 2.75) is 6.54 Å². The van der Waals surface area contributed by atoms with Gasteiger partial charge in [0, 0.05) is 21.1 Å². The molecule has 0 aliphatic carbocycles. The second kappa shape index (κ2) is 4.50. The minimum Gasteiger partial charge on any atom is -0.379 e. The lowest BCUT2D eigenvalue weighted by Crippen LogP contribution is -1.98. The quantitative estimate of drug-likeness (QED) is 0.837. The fourth-order valence-corrected chi connectivity index (χ4v) is 1.60. The third kappa shape index (κ3) is 2.51. The minimum atomic E-state index is 0.841. The van der Waals surface area contributed by atoms with E-state index < -0.39 is 0 Å². The molecule has 72 valence electrons. The van der Waals surface area contributed by atoms with Crippen molar-refractivity contribution in [3.63, 3.8) is 0 Å². The average molecular weight is 298 g/mol. The van der Waals surface area contributed by atoms with Gasteiger partial charge >= 0.3 is 0 Å². The molecule has 1 heterocycles. The maximum absolute atomic E-state index is 3.34. The molecule has 14 heavy (non-hydrogen) atoms. The first-order chi connectivity index (χ1) is 6.84. The number of H-pyrrole nitrogens is 1. The second-order valence-electron chi connectivity index (χ2n) is 3.06. The smallest absolute Gasteiger partial charge is 0.0551 e. The lowest BCUT2D eigenvalue weighted by molar-refractivity contribution is 1.07. The first kappa shape index (κ1) is 9.58. The van der Waals surface area contributed by atoms with Gasteiger partial charge < -0.3 is 10.3 Å². The van der Waals surface area contributed by atoms with Crippen LogP contribution in [0.2, 0.25) is 0 Å². The molecule has 2 aromatic rings. The zero-order valence-corrected chi connectivity index (χ0v) is 9.78. The van der Waals surface area contributed by atoms with Crippen molar-refractivity contribution in [1.29, 1.82) is 0 Å². The van der Waals surface area contributed by atoms with Gasteiger partial charge in [0.15, 0.2) is 0 Å². The lowest BCUT2D eigenvalue weighted by Gasteiger charge is -2.04. The summed E-state index contributed by atoms with van der Waals surface area (Å²) in [7, 11) is 0. The number of hydrogen-bond donors (Lipinski definition) is 2. The molecule has 0 bridgehead atoms. The Labute approximate surface area is 96.9 Å². The van der Waals surface area contributed by atoms with Crippen LogP contribution >= 0.6 is 22.6 Å². The number of nitrogens with one attached hydrogen (secondary N) is 2. The predicted octanol–water partition coefficient (Wildman–Crippen LogP) is 3.23. The van der Waals surface area contributed by atoms with Crippen LogP contribution in [-0.4, -0.2) is 4.98 Å². The van der Waals surface area contributed by atoms with E-state index in [9.17, 15) is 0 Å². The van der Waals surface area contributed by atoms with Crippen LogP contribution in [0.3, 0.4) is 0 Å². The number of aromatic nitrogens is 1. The Morgan fingerprint density at radius 1 is 1.14 bits per heavy atom. The molecule has 2 rings (SSSR count). The molecule has 1 aromatic carbocycles. The van der Waals surface area contributed by atoms with Gasteiger partial charge in [-0.2, -0.15) is 0 Å². The van der Waals surface area contributed by atoms with E-state index in [1.807, 2.05) is 12.3 Å². The van der Waals surface area contributed by atoms with Crippen LogP contribution in [0.15, 0.2) is 42.6 Å². The molecule has 0 amide bonds. The Hall–Kier alpha value is -0.970. The van der Waals surface area contributed by atoms with E-state index in [0.29, 0.717) is 0 Å². The number of hydrogen-bond acceptors (Lipinski definition) is 1. The number of rotatable bonds is 3. The summed E-state index contributed by atoms with van der Waals surface area (Å²) < 4.78 is 1.26. The van der Waals surface area contributed by atoms with Gasteiger partial charge in [0.2, 0.25) is 0 Å². The summed E-state index contributed by atoms with van der Waals surface area (Å²) in [6, 6.07) is 12.4. The molecule has 0 aliphatic rings. The van der Waals surface area contributed by atoms with E-state index in [4.69, 9.17) is 0 Å². The molecule has 2 N–H and O–H groups in total. The van der Waals surface area contributed by atoms with E-state index in [-0.39, 0.29) is 0 Å². The Morgan fingerprint density at radius 3 is 2.57 bits per heavy atom. The maximum atomic E-state index is 3.34. The normalized spacial score (nSPS) is 10.1. The molecule has 0 saturated carbocycles. The van der Waals surface area contributed by atoms with Crippen LogP contribution < -0.4 is 5.32 Å². The van der Waals surface area contributed by atoms with Gasteiger partial charge in [0.25, 0.3) is 0 Å². The summed E-state index contributed by atoms with van der Waals surface area (Å²) in [4.78, 5) is 3.15. The molecule has 0 atom stereocenters. The van der Waals surface area contributed by atoms with E-state index in [2.05, 4.69) is 63.2 Å². The molecule has 0 fully saturated rings. The van der Waals surface area contributed by atoms with Crippen LogP contribution in [0, 0.1) is 3.57 Å². The van der Waals surface area contributed by atoms with Gasteiger partial charge in [0.05, 0.1) is 6.54 Å². The van der Waals surface area contributed by atoms with Crippen molar-refractivity contribution < 1.29 is 0 Å². The highest BCUT2D eigenvalue weighted by atomic mass is 127. The average Bonchev–Trinajstić information content (AvgIpc) is 2.70. The SMILES string of the molecule is Ic1ccc(NCc2ccc[nH]2)cc1. The molecule has 0 aliphatic heterocycles. The maximum Gasteiger partial charge on any atom is 0.0551 e. The summed E-state index contributed by atoms with van der Waals surface area (Å²) in [5.41, 5.74) is 2.35. The largest absolute Gasteiger partial charge is 0.379 e. The topological polar surface area (TPSA) is 27.8 Å². The molecule has 0 saturated heterocycles. The molecule has 0 radical (unpaired) electrons. The minimum absolute atomic E-state index is 0.841. The Morgan fingerprint density at radius 2 is 1.93 bits per heavy atom. The van der Waals surface area contributed by atoms with Crippen LogP contribution in [0.25, 0.3) is 0 Å². The van der Waals surface area contributed by atoms with Crippen molar-refractivity contribution in [2.75, 3.05) is 5.32 Å². The highest BCUT2D eigenvalue weighted by molar-refractivity contribution is 14.1. The number of halogens is 1. The molecular formula is C11H11IN2. The number of benzene rings is 1. The number of anilines is 1. The van der Waals surface area contributed by atoms with Crippen LogP contribution in [0.1, 0.15) is 5.69 Å². The van der Waals surface area contributed by atoms with Crippen LogP contribution in [0.5, 0.6) is 0 Å². The summed E-state index contributed by atoms with van der Waals surface area (Å²) in [5.74, 6) is 0. The lowest BCUT2D eigenvalue weighted by atomic mass is 10.3. The standard InChI is InChI=1S/C11H11IN2/c12-9-3-5-10(6-4-9)14-8-11-2-1-7-13-11/h1-7,13-14H,8H2. The van der Waals surface area contributed by atoms with Gasteiger partial charge in [-0.3, -0.25) is 0 Å². The fourth-order valence-electron chi connectivity index (χ4n) is 1.24. The Balaban J connectivity index is 1.95. The molecule has 2 nitrogen and oxygen atoms in total. The van der Waals surface area contributed by atoms with Crippen molar-refractivity contribution in [1.82, 2.24) is 4.98 Å². The monoisotopic (exact) mass is 298 g/mol. The molecule has 3 heteroatoms. The third-order valence-electron chi connectivity index (χ3n) is 1.99. The van der Waals surface area contributed by atoms with Gasteiger partial charge in [-0.1, -0.05) is 0 Å². The van der Waals surface area contributed by atoms with E-state index in [1.165, 1.54) is 9.26 Å². The zero-order valence-electron chi connectivity index (χ0n) is 7.63. The first-order valence-electron chi connectivity index (χ1n) is 4.46. The van der Waals surface area contributed by atoms with Crippen LogP contribution in [-0.2, 0) is 6.54 Å². The van der Waals surface area contributed by atoms with Gasteiger partial charge in [-0.25, -0.2) is 0 Å². The summed E-state index contributed by atoms with van der Waals surface area (Å²) in [5, 5.41) is 3.34. The van der Waals surface area contributed by atoms with E-state index in [0.717, 1.165) is 12.2 Å². The highest BCUT2D eigenvalue weighted by Gasteiger charge is 1.93. The summed E-state index contributed by atoms with van der Waals surface area (Å²) in [6.07, 6.45) is 1.94. The van der Waals surface area contributed by atoms with Crippen molar-refractivity contribution >= 4 is 28.3 Å². The number of aromatic amines is 1. The van der Waals surface area contributed by atoms with Crippen molar-refractivity contribution in [2.24, 2.45) is 0 Å². The molecule has 0 unspecified atom stereocenters. The van der Waals surface area contributed by atoms with Crippen molar-refractivity contribution in [3.8, 4) is 0 Å². The highest BCUT2D eigenvalue weighted by Crippen LogP contribution is 2.11. The van der Waals surface area contributed by atoms with Crippen LogP contribution in [0.4, 0.5) is 5.69 Å². The van der Waals surface area contributed by atoms with Gasteiger partial charge in [0.1, 0.15) is 0 Å². The third-order valence-corrected chi connectivity index (χ3v) is 2.71. The molecule has 0 spiro atoms. The fraction of sp³-hybridized carbons (Fsp3) is 0.0909. The van der Waals surface area contributed by atoms with E-state index in [1.54, 1.807) is 0 Å². The Bertz CT molecular complexity index is 378. The Kier molecular flexibility index (Phi) is 3.08.